The largest absolute Gasteiger partial charge is 0.295 e. The van der Waals surface area contributed by atoms with E-state index >= 15 is 0 Å². The first-order valence-corrected chi connectivity index (χ1v) is 2.33. The van der Waals surface area contributed by atoms with Crippen molar-refractivity contribution in [1.29, 1.82) is 5.26 Å². The van der Waals surface area contributed by atoms with Crippen molar-refractivity contribution in [3.05, 3.63) is 12.7 Å². The number of carbonyl (C=O) groups is 1. The standard InChI is InChI=1S/C6H7NO/c1-2-6(8)4-3-5-7/h2H,1,3-4H2. The fourth-order valence-electron chi connectivity index (χ4n) is 0.281. The molecule has 8 heavy (non-hydrogen) atoms. The molecule has 42 valence electrons. The quantitative estimate of drug-likeness (QED) is 0.508. The van der Waals surface area contributed by atoms with Gasteiger partial charge in [-0.3, -0.25) is 4.79 Å². The van der Waals surface area contributed by atoms with Crippen LogP contribution in [0.2, 0.25) is 0 Å². The highest BCUT2D eigenvalue weighted by molar-refractivity contribution is 5.89. The van der Waals surface area contributed by atoms with Gasteiger partial charge in [0.15, 0.2) is 5.78 Å². The Kier molecular flexibility index (Phi) is 3.51. The van der Waals surface area contributed by atoms with E-state index in [0.717, 1.165) is 0 Å². The summed E-state index contributed by atoms with van der Waals surface area (Å²) in [4.78, 5) is 10.3. The Morgan fingerprint density at radius 3 is 2.88 bits per heavy atom. The van der Waals surface area contributed by atoms with Crippen molar-refractivity contribution in [2.75, 3.05) is 0 Å². The van der Waals surface area contributed by atoms with Gasteiger partial charge in [0.2, 0.25) is 0 Å². The van der Waals surface area contributed by atoms with Crippen molar-refractivity contribution in [2.45, 2.75) is 12.8 Å². The Morgan fingerprint density at radius 2 is 2.50 bits per heavy atom. The van der Waals surface area contributed by atoms with E-state index in [1.54, 1.807) is 0 Å². The van der Waals surface area contributed by atoms with Crippen molar-refractivity contribution in [2.24, 2.45) is 0 Å². The van der Waals surface area contributed by atoms with Gasteiger partial charge in [-0.15, -0.1) is 0 Å². The van der Waals surface area contributed by atoms with Crippen LogP contribution >= 0.6 is 0 Å². The van der Waals surface area contributed by atoms with Crippen molar-refractivity contribution in [3.63, 3.8) is 0 Å². The van der Waals surface area contributed by atoms with Crippen LogP contribution in [0.1, 0.15) is 12.8 Å². The summed E-state index contributed by atoms with van der Waals surface area (Å²) in [5, 5.41) is 7.97. The molecule has 0 aliphatic carbocycles. The molecule has 0 saturated carbocycles. The van der Waals surface area contributed by atoms with Crippen LogP contribution in [0.5, 0.6) is 0 Å². The average molecular weight is 109 g/mol. The summed E-state index contributed by atoms with van der Waals surface area (Å²) in [7, 11) is 0. The molecule has 0 amide bonds. The van der Waals surface area contributed by atoms with E-state index in [9.17, 15) is 4.79 Å². The molecular formula is C6H7NO. The Balaban J connectivity index is 3.28. The Morgan fingerprint density at radius 1 is 1.88 bits per heavy atom. The Bertz CT molecular complexity index is 132. The molecule has 0 spiro atoms. The molecule has 0 atom stereocenters. The first-order valence-electron chi connectivity index (χ1n) is 2.33. The van der Waals surface area contributed by atoms with Gasteiger partial charge in [0.25, 0.3) is 0 Å². The Labute approximate surface area is 48.4 Å². The number of hydrogen-bond donors (Lipinski definition) is 0. The predicted molar refractivity (Wildman–Crippen MR) is 30.1 cm³/mol. The van der Waals surface area contributed by atoms with Gasteiger partial charge in [-0.25, -0.2) is 0 Å². The van der Waals surface area contributed by atoms with Crippen LogP contribution in [0.4, 0.5) is 0 Å². The SMILES string of the molecule is C=CC(=O)CCC#N. The number of carbonyl (C=O) groups excluding carboxylic acids is 1. The van der Waals surface area contributed by atoms with Crippen molar-refractivity contribution >= 4 is 5.78 Å². The molecule has 0 heterocycles. The lowest BCUT2D eigenvalue weighted by atomic mass is 10.2. The molecule has 2 heteroatoms. The third-order valence-corrected chi connectivity index (χ3v) is 0.711. The summed E-state index contributed by atoms with van der Waals surface area (Å²) >= 11 is 0. The number of nitriles is 1. The summed E-state index contributed by atoms with van der Waals surface area (Å²) in [6, 6.07) is 1.86. The fraction of sp³-hybridized carbons (Fsp3) is 0.333. The summed E-state index contributed by atoms with van der Waals surface area (Å²) in [5.74, 6) is -0.0634. The van der Waals surface area contributed by atoms with E-state index in [1.807, 2.05) is 6.07 Å². The van der Waals surface area contributed by atoms with Crippen LogP contribution < -0.4 is 0 Å². The number of allylic oxidation sites excluding steroid dienone is 1. The van der Waals surface area contributed by atoms with E-state index < -0.39 is 0 Å². The van der Waals surface area contributed by atoms with E-state index in [0.29, 0.717) is 12.8 Å². The van der Waals surface area contributed by atoms with Gasteiger partial charge in [-0.05, 0) is 6.08 Å². The zero-order chi connectivity index (χ0) is 6.41. The van der Waals surface area contributed by atoms with Crippen LogP contribution in [0.25, 0.3) is 0 Å². The van der Waals surface area contributed by atoms with Crippen molar-refractivity contribution in [1.82, 2.24) is 0 Å². The van der Waals surface area contributed by atoms with Gasteiger partial charge in [0.05, 0.1) is 6.07 Å². The highest BCUT2D eigenvalue weighted by atomic mass is 16.1. The van der Waals surface area contributed by atoms with Crippen LogP contribution in [0.15, 0.2) is 12.7 Å². The molecule has 2 nitrogen and oxygen atoms in total. The minimum atomic E-state index is -0.0634. The van der Waals surface area contributed by atoms with Crippen molar-refractivity contribution in [3.8, 4) is 6.07 Å². The summed E-state index contributed by atoms with van der Waals surface area (Å²) in [5.41, 5.74) is 0. The molecule has 0 saturated heterocycles. The first-order chi connectivity index (χ1) is 3.81. The van der Waals surface area contributed by atoms with Gasteiger partial charge in [0.1, 0.15) is 0 Å². The van der Waals surface area contributed by atoms with Gasteiger partial charge < -0.3 is 0 Å². The zero-order valence-electron chi connectivity index (χ0n) is 4.55. The molecule has 0 aliphatic heterocycles. The molecule has 0 rings (SSSR count). The second-order valence-electron chi connectivity index (χ2n) is 1.33. The summed E-state index contributed by atoms with van der Waals surface area (Å²) < 4.78 is 0. The third kappa shape index (κ3) is 3.10. The lowest BCUT2D eigenvalue weighted by molar-refractivity contribution is -0.114. The minimum Gasteiger partial charge on any atom is -0.295 e. The maximum Gasteiger partial charge on any atom is 0.156 e. The molecule has 0 aromatic heterocycles. The molecular weight excluding hydrogens is 102 g/mol. The first kappa shape index (κ1) is 6.90. The van der Waals surface area contributed by atoms with Crippen molar-refractivity contribution < 1.29 is 4.79 Å². The van der Waals surface area contributed by atoms with Gasteiger partial charge in [-0.1, -0.05) is 6.58 Å². The smallest absolute Gasteiger partial charge is 0.156 e. The maximum absolute atomic E-state index is 10.3. The highest BCUT2D eigenvalue weighted by Crippen LogP contribution is 1.87. The lowest BCUT2D eigenvalue weighted by Crippen LogP contribution is -1.88. The topological polar surface area (TPSA) is 40.9 Å². The molecule has 0 fully saturated rings. The van der Waals surface area contributed by atoms with Gasteiger partial charge >= 0.3 is 0 Å². The lowest BCUT2D eigenvalue weighted by Gasteiger charge is -1.81. The monoisotopic (exact) mass is 109 g/mol. The highest BCUT2D eigenvalue weighted by Gasteiger charge is 1.90. The van der Waals surface area contributed by atoms with Crippen LogP contribution in [0, 0.1) is 11.3 Å². The van der Waals surface area contributed by atoms with Gasteiger partial charge in [0, 0.05) is 12.8 Å². The molecule has 0 aliphatic rings. The number of nitrogens with zero attached hydrogens (tertiary/aromatic N) is 1. The van der Waals surface area contributed by atoms with Crippen LogP contribution in [-0.2, 0) is 4.79 Å². The Hall–Kier alpha value is -1.10. The number of rotatable bonds is 3. The zero-order valence-corrected chi connectivity index (χ0v) is 4.55. The van der Waals surface area contributed by atoms with E-state index in [4.69, 9.17) is 5.26 Å². The fourth-order valence-corrected chi connectivity index (χ4v) is 0.281. The maximum atomic E-state index is 10.3. The number of hydrogen-bond acceptors (Lipinski definition) is 2. The van der Waals surface area contributed by atoms with Crippen LogP contribution in [0.3, 0.4) is 0 Å². The molecule has 0 N–H and O–H groups in total. The van der Waals surface area contributed by atoms with E-state index in [1.165, 1.54) is 6.08 Å². The molecule has 0 aromatic carbocycles. The van der Waals surface area contributed by atoms with Crippen LogP contribution in [-0.4, -0.2) is 5.78 Å². The van der Waals surface area contributed by atoms with Gasteiger partial charge in [-0.2, -0.15) is 5.26 Å². The predicted octanol–water partition coefficient (Wildman–Crippen LogP) is 1.05. The molecule has 0 bridgehead atoms. The summed E-state index contributed by atoms with van der Waals surface area (Å²) in [6.45, 7) is 3.25. The third-order valence-electron chi connectivity index (χ3n) is 0.711. The van der Waals surface area contributed by atoms with E-state index in [-0.39, 0.29) is 5.78 Å². The molecule has 0 unspecified atom stereocenters. The molecule has 0 radical (unpaired) electrons. The summed E-state index contributed by atoms with van der Waals surface area (Å²) in [6.07, 6.45) is 1.84. The van der Waals surface area contributed by atoms with E-state index in [2.05, 4.69) is 6.58 Å². The average Bonchev–Trinajstić information content (AvgIpc) is 1.83. The minimum absolute atomic E-state index is 0.0634. The second-order valence-corrected chi connectivity index (χ2v) is 1.33. The number of ketones is 1. The molecule has 0 aromatic rings. The normalized spacial score (nSPS) is 7.38. The second kappa shape index (κ2) is 4.07.